The van der Waals surface area contributed by atoms with Crippen LogP contribution >= 0.6 is 0 Å². The maximum Gasteiger partial charge on any atom is 0.223 e. The minimum atomic E-state index is -0.295. The molecule has 2 atom stereocenters. The third-order valence-corrected chi connectivity index (χ3v) is 4.95. The van der Waals surface area contributed by atoms with Gasteiger partial charge in [-0.25, -0.2) is 9.37 Å². The number of benzene rings is 2. The molecule has 1 aliphatic heterocycles. The molecule has 0 bridgehead atoms. The highest BCUT2D eigenvalue weighted by Gasteiger charge is 2.22. The van der Waals surface area contributed by atoms with Gasteiger partial charge >= 0.3 is 0 Å². The number of carbonyl (C=O) groups excluding carboxylic acids is 1. The van der Waals surface area contributed by atoms with Gasteiger partial charge in [0.1, 0.15) is 5.82 Å². The number of aromatic nitrogens is 2. The summed E-state index contributed by atoms with van der Waals surface area (Å²) in [6.07, 6.45) is 4.03. The van der Waals surface area contributed by atoms with Gasteiger partial charge in [-0.1, -0.05) is 24.3 Å². The van der Waals surface area contributed by atoms with E-state index in [1.807, 2.05) is 28.8 Å². The van der Waals surface area contributed by atoms with Crippen LogP contribution in [0.5, 0.6) is 0 Å². The molecule has 1 fully saturated rings. The molecule has 3 aromatic rings. The zero-order chi connectivity index (χ0) is 18.6. The lowest BCUT2D eigenvalue weighted by Crippen LogP contribution is -2.33. The number of halogens is 1. The van der Waals surface area contributed by atoms with Crippen LogP contribution in [0.15, 0.2) is 54.9 Å². The van der Waals surface area contributed by atoms with E-state index in [1.54, 1.807) is 18.5 Å². The number of imidazole rings is 1. The monoisotopic (exact) mass is 367 g/mol. The first kappa shape index (κ1) is 17.7. The molecule has 1 aromatic heterocycles. The van der Waals surface area contributed by atoms with Crippen LogP contribution in [0.4, 0.5) is 4.39 Å². The van der Waals surface area contributed by atoms with Crippen molar-refractivity contribution in [3.05, 3.63) is 66.2 Å². The maximum absolute atomic E-state index is 13.3. The molecular formula is C21H22FN3O2. The van der Waals surface area contributed by atoms with E-state index in [-0.39, 0.29) is 23.9 Å². The molecule has 1 saturated heterocycles. The van der Waals surface area contributed by atoms with Crippen LogP contribution in [-0.4, -0.2) is 28.2 Å². The second-order valence-electron chi connectivity index (χ2n) is 6.90. The second-order valence-corrected chi connectivity index (χ2v) is 6.90. The first-order valence-corrected chi connectivity index (χ1v) is 9.25. The molecule has 2 aromatic carbocycles. The van der Waals surface area contributed by atoms with Crippen molar-refractivity contribution in [2.45, 2.75) is 38.0 Å². The van der Waals surface area contributed by atoms with Crippen molar-refractivity contribution in [1.82, 2.24) is 14.9 Å². The largest absolute Gasteiger partial charge is 0.378 e. The average molecular weight is 367 g/mol. The Hall–Kier alpha value is -2.73. The third-order valence-electron chi connectivity index (χ3n) is 4.95. The number of rotatable bonds is 6. The molecule has 140 valence electrons. The molecule has 0 saturated carbocycles. The van der Waals surface area contributed by atoms with Crippen molar-refractivity contribution < 1.29 is 13.9 Å². The zero-order valence-electron chi connectivity index (χ0n) is 15.0. The number of para-hydroxylation sites is 2. The number of amides is 1. The normalized spacial score (nSPS) is 17.9. The van der Waals surface area contributed by atoms with Crippen LogP contribution in [0.3, 0.4) is 0 Å². The van der Waals surface area contributed by atoms with E-state index in [0.29, 0.717) is 13.0 Å². The van der Waals surface area contributed by atoms with Crippen LogP contribution in [0, 0.1) is 5.82 Å². The molecule has 1 aliphatic rings. The minimum Gasteiger partial charge on any atom is -0.378 e. The van der Waals surface area contributed by atoms with Gasteiger partial charge in [-0.15, -0.1) is 0 Å². The highest BCUT2D eigenvalue weighted by Crippen LogP contribution is 2.21. The summed E-state index contributed by atoms with van der Waals surface area (Å²) in [5, 5.41) is 3.09. The van der Waals surface area contributed by atoms with E-state index in [4.69, 9.17) is 4.74 Å². The Morgan fingerprint density at radius 3 is 2.85 bits per heavy atom. The van der Waals surface area contributed by atoms with Crippen molar-refractivity contribution >= 4 is 16.9 Å². The molecule has 0 radical (unpaired) electrons. The molecule has 0 spiro atoms. The number of nitrogens with one attached hydrogen (secondary N) is 1. The number of nitrogens with zero attached hydrogens (tertiary/aromatic N) is 2. The Bertz CT molecular complexity index is 917. The summed E-state index contributed by atoms with van der Waals surface area (Å²) in [5.41, 5.74) is 2.76. The maximum atomic E-state index is 13.3. The Labute approximate surface area is 157 Å². The van der Waals surface area contributed by atoms with Crippen LogP contribution in [0.1, 0.15) is 30.9 Å². The van der Waals surface area contributed by atoms with Crippen molar-refractivity contribution in [1.29, 1.82) is 0 Å². The molecule has 1 N–H and O–H groups in total. The molecule has 0 aliphatic carbocycles. The van der Waals surface area contributed by atoms with Gasteiger partial charge in [0.05, 0.1) is 35.9 Å². The van der Waals surface area contributed by atoms with Crippen LogP contribution < -0.4 is 5.32 Å². The van der Waals surface area contributed by atoms with Gasteiger partial charge in [0.25, 0.3) is 0 Å². The van der Waals surface area contributed by atoms with Crippen molar-refractivity contribution in [2.24, 2.45) is 0 Å². The molecule has 0 unspecified atom stereocenters. The van der Waals surface area contributed by atoms with Crippen LogP contribution in [-0.2, 0) is 16.1 Å². The summed E-state index contributed by atoms with van der Waals surface area (Å²) in [4.78, 5) is 17.0. The number of fused-ring (bicyclic) bond motifs is 1. The molecular weight excluding hydrogens is 345 g/mol. The molecule has 27 heavy (non-hydrogen) atoms. The molecule has 1 amide bonds. The molecule has 6 heteroatoms. The van der Waals surface area contributed by atoms with Gasteiger partial charge in [0, 0.05) is 13.2 Å². The number of hydrogen-bond donors (Lipinski definition) is 1. The zero-order valence-corrected chi connectivity index (χ0v) is 15.0. The highest BCUT2D eigenvalue weighted by atomic mass is 19.1. The lowest BCUT2D eigenvalue weighted by molar-refractivity contribution is -0.124. The first-order valence-electron chi connectivity index (χ1n) is 9.25. The topological polar surface area (TPSA) is 56.1 Å². The Morgan fingerprint density at radius 2 is 2.07 bits per heavy atom. The predicted octanol–water partition coefficient (Wildman–Crippen LogP) is 3.60. The van der Waals surface area contributed by atoms with E-state index < -0.39 is 0 Å². The number of ether oxygens (including phenoxy) is 1. The first-order chi connectivity index (χ1) is 13.2. The summed E-state index contributed by atoms with van der Waals surface area (Å²) in [5.74, 6) is -0.350. The van der Waals surface area contributed by atoms with E-state index in [9.17, 15) is 9.18 Å². The second kappa shape index (κ2) is 7.88. The van der Waals surface area contributed by atoms with Gasteiger partial charge in [-0.2, -0.15) is 0 Å². The predicted molar refractivity (Wildman–Crippen MR) is 101 cm³/mol. The fourth-order valence-electron chi connectivity index (χ4n) is 3.55. The summed E-state index contributed by atoms with van der Waals surface area (Å²) in [6, 6.07) is 13.8. The van der Waals surface area contributed by atoms with Gasteiger partial charge < -0.3 is 14.6 Å². The lowest BCUT2D eigenvalue weighted by atomic mass is 10.1. The van der Waals surface area contributed by atoms with Crippen molar-refractivity contribution in [2.75, 3.05) is 6.61 Å². The van der Waals surface area contributed by atoms with E-state index in [2.05, 4.69) is 10.3 Å². The summed E-state index contributed by atoms with van der Waals surface area (Å²) in [7, 11) is 0. The van der Waals surface area contributed by atoms with Crippen molar-refractivity contribution in [3.8, 4) is 0 Å². The summed E-state index contributed by atoms with van der Waals surface area (Å²) in [6.45, 7) is 1.24. The van der Waals surface area contributed by atoms with Gasteiger partial charge in [0.2, 0.25) is 5.91 Å². The van der Waals surface area contributed by atoms with E-state index in [0.717, 1.165) is 36.0 Å². The summed E-state index contributed by atoms with van der Waals surface area (Å²) < 4.78 is 20.9. The fraction of sp³-hybridized carbons (Fsp3) is 0.333. The van der Waals surface area contributed by atoms with Gasteiger partial charge in [0.15, 0.2) is 0 Å². The Morgan fingerprint density at radius 1 is 1.26 bits per heavy atom. The summed E-state index contributed by atoms with van der Waals surface area (Å²) >= 11 is 0. The third kappa shape index (κ3) is 4.17. The molecule has 4 rings (SSSR count). The SMILES string of the molecule is O=C(C[C@H]1CCCO1)N[C@H](Cn1cnc2ccccc21)c1ccc(F)cc1. The Balaban J connectivity index is 1.55. The van der Waals surface area contributed by atoms with Gasteiger partial charge in [-0.05, 0) is 42.7 Å². The van der Waals surface area contributed by atoms with Gasteiger partial charge in [-0.3, -0.25) is 4.79 Å². The quantitative estimate of drug-likeness (QED) is 0.724. The fourth-order valence-corrected chi connectivity index (χ4v) is 3.55. The molecule has 2 heterocycles. The van der Waals surface area contributed by atoms with E-state index >= 15 is 0 Å². The minimum absolute atomic E-state index is 0.00653. The highest BCUT2D eigenvalue weighted by molar-refractivity contribution is 5.77. The number of hydrogen-bond acceptors (Lipinski definition) is 3. The van der Waals surface area contributed by atoms with Crippen LogP contribution in [0.25, 0.3) is 11.0 Å². The average Bonchev–Trinajstić information content (AvgIpc) is 3.32. The van der Waals surface area contributed by atoms with Crippen molar-refractivity contribution in [3.63, 3.8) is 0 Å². The lowest BCUT2D eigenvalue weighted by Gasteiger charge is -2.21. The Kier molecular flexibility index (Phi) is 5.16. The van der Waals surface area contributed by atoms with Crippen LogP contribution in [0.2, 0.25) is 0 Å². The number of carbonyl (C=O) groups is 1. The molecule has 5 nitrogen and oxygen atoms in total. The smallest absolute Gasteiger partial charge is 0.223 e. The van der Waals surface area contributed by atoms with E-state index in [1.165, 1.54) is 12.1 Å². The standard InChI is InChI=1S/C21H22FN3O2/c22-16-9-7-15(8-10-16)19(24-21(26)12-17-4-3-11-27-17)13-25-14-23-18-5-1-2-6-20(18)25/h1-2,5-10,14,17,19H,3-4,11-13H2,(H,24,26)/t17-,19-/m1/s1.